The zero-order valence-corrected chi connectivity index (χ0v) is 28.8. The summed E-state index contributed by atoms with van der Waals surface area (Å²) in [6.45, 7) is -0.488. The molecule has 5 rings (SSSR count). The predicted octanol–water partition coefficient (Wildman–Crippen LogP) is 6.55. The molecule has 0 unspecified atom stereocenters. The van der Waals surface area contributed by atoms with Gasteiger partial charge >= 0.3 is 0 Å². The van der Waals surface area contributed by atoms with E-state index >= 15 is 0 Å². The molecule has 0 N–H and O–H groups in total. The Kier molecular flexibility index (Phi) is 10.2. The van der Waals surface area contributed by atoms with E-state index in [1.54, 1.807) is 60.7 Å². The van der Waals surface area contributed by atoms with Crippen LogP contribution < -0.4 is 0 Å². The van der Waals surface area contributed by atoms with Crippen LogP contribution in [0.15, 0.2) is 107 Å². The van der Waals surface area contributed by atoms with E-state index in [4.69, 9.17) is 46.4 Å². The Morgan fingerprint density at radius 3 is 1.24 bits per heavy atom. The van der Waals surface area contributed by atoms with E-state index in [0.29, 0.717) is 11.1 Å². The summed E-state index contributed by atoms with van der Waals surface area (Å²) in [5, 5.41) is 0.239. The lowest BCUT2D eigenvalue weighted by atomic mass is 10.1. The first-order chi connectivity index (χ1) is 21.2. The van der Waals surface area contributed by atoms with E-state index in [0.717, 1.165) is 8.61 Å². The number of benzene rings is 4. The van der Waals surface area contributed by atoms with Gasteiger partial charge < -0.3 is 0 Å². The summed E-state index contributed by atoms with van der Waals surface area (Å²) in [6.07, 6.45) is 0. The molecule has 0 aliphatic carbocycles. The van der Waals surface area contributed by atoms with Gasteiger partial charge in [-0.1, -0.05) is 107 Å². The second kappa shape index (κ2) is 13.5. The summed E-state index contributed by atoms with van der Waals surface area (Å²) in [5.74, 6) is -1.24. The van der Waals surface area contributed by atoms with Crippen molar-refractivity contribution in [1.29, 1.82) is 0 Å². The van der Waals surface area contributed by atoms with Crippen LogP contribution in [0, 0.1) is 0 Å². The van der Waals surface area contributed by atoms with E-state index in [1.807, 2.05) is 0 Å². The number of rotatable bonds is 10. The van der Waals surface area contributed by atoms with Gasteiger partial charge in [0.15, 0.2) is 9.84 Å². The fraction of sp³-hybridized carbons (Fsp3) is 0.200. The maximum atomic E-state index is 14.4. The van der Waals surface area contributed by atoms with E-state index in [-0.39, 0.29) is 43.0 Å². The fourth-order valence-electron chi connectivity index (χ4n) is 5.19. The molecule has 15 heteroatoms. The second-order valence-electron chi connectivity index (χ2n) is 10.4. The lowest BCUT2D eigenvalue weighted by Crippen LogP contribution is -2.54. The molecule has 45 heavy (non-hydrogen) atoms. The SMILES string of the molecule is O=S1(=O)C[C@@H](N(Cc2ccccc2)S(=O)(=O)c2ccc(Cl)c(Cl)c2)[C@@H](N(Cc2ccccc2)S(=O)(=O)c2ccc(Cl)c(Cl)c2)C1. The van der Waals surface area contributed by atoms with Crippen LogP contribution >= 0.6 is 46.4 Å². The Labute approximate surface area is 283 Å². The summed E-state index contributed by atoms with van der Waals surface area (Å²) in [4.78, 5) is -0.448. The number of hydrogen-bond donors (Lipinski definition) is 0. The van der Waals surface area contributed by atoms with Crippen LogP contribution in [-0.2, 0) is 43.0 Å². The van der Waals surface area contributed by atoms with Crippen molar-refractivity contribution in [1.82, 2.24) is 8.61 Å². The summed E-state index contributed by atoms with van der Waals surface area (Å²) < 4.78 is 86.2. The van der Waals surface area contributed by atoms with Gasteiger partial charge in [-0.05, 0) is 47.5 Å². The van der Waals surface area contributed by atoms with Crippen molar-refractivity contribution in [2.24, 2.45) is 0 Å². The fourth-order valence-corrected chi connectivity index (χ4v) is 11.4. The lowest BCUT2D eigenvalue weighted by molar-refractivity contribution is 0.219. The molecule has 2 atom stereocenters. The summed E-state index contributed by atoms with van der Waals surface area (Å²) in [7, 11) is -12.9. The number of sulfonamides is 2. The van der Waals surface area contributed by atoms with Crippen LogP contribution in [-0.4, -0.2) is 57.5 Å². The molecule has 0 aromatic heterocycles. The van der Waals surface area contributed by atoms with Gasteiger partial charge in [0.2, 0.25) is 20.0 Å². The average Bonchev–Trinajstić information content (AvgIpc) is 3.32. The van der Waals surface area contributed by atoms with Crippen molar-refractivity contribution in [2.75, 3.05) is 11.5 Å². The molecular weight excluding hydrogens is 722 g/mol. The predicted molar refractivity (Wildman–Crippen MR) is 177 cm³/mol. The highest BCUT2D eigenvalue weighted by Gasteiger charge is 2.50. The Morgan fingerprint density at radius 1 is 0.556 bits per heavy atom. The van der Waals surface area contributed by atoms with Gasteiger partial charge in [-0.3, -0.25) is 0 Å². The maximum Gasteiger partial charge on any atom is 0.243 e. The largest absolute Gasteiger partial charge is 0.243 e. The van der Waals surface area contributed by atoms with Gasteiger partial charge in [-0.2, -0.15) is 8.61 Å². The Bertz CT molecular complexity index is 1890. The molecule has 8 nitrogen and oxygen atoms in total. The second-order valence-corrected chi connectivity index (χ2v) is 18.0. The minimum Gasteiger partial charge on any atom is -0.229 e. The molecule has 1 heterocycles. The standard InChI is InChI=1S/C30H26Cl4N2O6S3/c31-25-13-11-23(15-27(25)33)44(39,40)35(17-21-7-3-1-4-8-21)29-19-43(37,38)20-30(29)36(18-22-9-5-2-6-10-22)45(41,42)24-12-14-26(32)28(34)16-24/h1-16,29-30H,17-20H2/t29-,30+. The Morgan fingerprint density at radius 2 is 0.911 bits per heavy atom. The quantitative estimate of drug-likeness (QED) is 0.182. The zero-order valence-electron chi connectivity index (χ0n) is 23.3. The molecule has 1 aliphatic rings. The maximum absolute atomic E-state index is 14.4. The van der Waals surface area contributed by atoms with Crippen LogP contribution in [0.25, 0.3) is 0 Å². The monoisotopic (exact) mass is 746 g/mol. The number of nitrogens with zero attached hydrogens (tertiary/aromatic N) is 2. The van der Waals surface area contributed by atoms with Gasteiger partial charge in [-0.15, -0.1) is 0 Å². The third-order valence-electron chi connectivity index (χ3n) is 7.39. The molecule has 0 amide bonds. The molecule has 1 fully saturated rings. The summed E-state index contributed by atoms with van der Waals surface area (Å²) in [6, 6.07) is 22.1. The first kappa shape index (κ1) is 34.2. The normalized spacial score (nSPS) is 18.4. The third-order valence-corrected chi connectivity index (χ3v) is 14.3. The van der Waals surface area contributed by atoms with Gasteiger partial charge in [0.25, 0.3) is 0 Å². The lowest BCUT2D eigenvalue weighted by Gasteiger charge is -2.37. The van der Waals surface area contributed by atoms with Crippen LogP contribution in [0.5, 0.6) is 0 Å². The first-order valence-electron chi connectivity index (χ1n) is 13.4. The van der Waals surface area contributed by atoms with Gasteiger partial charge in [0.05, 0.1) is 53.5 Å². The van der Waals surface area contributed by atoms with E-state index in [2.05, 4.69) is 0 Å². The third kappa shape index (κ3) is 7.53. The van der Waals surface area contributed by atoms with Crippen LogP contribution in [0.3, 0.4) is 0 Å². The molecule has 0 spiro atoms. The molecule has 1 aliphatic heterocycles. The first-order valence-corrected chi connectivity index (χ1v) is 19.6. The average molecular weight is 749 g/mol. The number of halogens is 4. The van der Waals surface area contributed by atoms with Crippen molar-refractivity contribution in [3.8, 4) is 0 Å². The molecule has 1 saturated heterocycles. The minimum absolute atomic E-state index is 0.0131. The highest BCUT2D eigenvalue weighted by molar-refractivity contribution is 7.92. The molecule has 4 aromatic carbocycles. The zero-order chi connectivity index (χ0) is 32.6. The highest BCUT2D eigenvalue weighted by Crippen LogP contribution is 2.36. The van der Waals surface area contributed by atoms with Crippen molar-refractivity contribution in [2.45, 2.75) is 35.0 Å². The van der Waals surface area contributed by atoms with Crippen molar-refractivity contribution < 1.29 is 25.3 Å². The van der Waals surface area contributed by atoms with Crippen molar-refractivity contribution in [3.63, 3.8) is 0 Å². The molecule has 238 valence electrons. The molecule has 4 aromatic rings. The van der Waals surface area contributed by atoms with E-state index < -0.39 is 53.5 Å². The topological polar surface area (TPSA) is 109 Å². The van der Waals surface area contributed by atoms with Crippen LogP contribution in [0.4, 0.5) is 0 Å². The molecule has 0 radical (unpaired) electrons. The van der Waals surface area contributed by atoms with Crippen molar-refractivity contribution in [3.05, 3.63) is 128 Å². The van der Waals surface area contributed by atoms with E-state index in [9.17, 15) is 25.3 Å². The van der Waals surface area contributed by atoms with Crippen LogP contribution in [0.1, 0.15) is 11.1 Å². The Hall–Kier alpha value is -2.19. The highest BCUT2D eigenvalue weighted by atomic mass is 35.5. The molecule has 0 saturated carbocycles. The van der Waals surface area contributed by atoms with Gasteiger partial charge in [-0.25, -0.2) is 25.3 Å². The smallest absolute Gasteiger partial charge is 0.229 e. The Balaban J connectivity index is 1.69. The van der Waals surface area contributed by atoms with E-state index in [1.165, 1.54) is 36.4 Å². The molecule has 0 bridgehead atoms. The molecular formula is C30H26Cl4N2O6S3. The number of hydrogen-bond acceptors (Lipinski definition) is 6. The summed E-state index contributed by atoms with van der Waals surface area (Å²) in [5.41, 5.74) is 1.12. The van der Waals surface area contributed by atoms with Crippen LogP contribution in [0.2, 0.25) is 20.1 Å². The minimum atomic E-state index is -4.47. The summed E-state index contributed by atoms with van der Waals surface area (Å²) >= 11 is 24.5. The van der Waals surface area contributed by atoms with Crippen molar-refractivity contribution >= 4 is 76.3 Å². The number of sulfone groups is 1. The van der Waals surface area contributed by atoms with Gasteiger partial charge in [0.1, 0.15) is 0 Å². The van der Waals surface area contributed by atoms with Gasteiger partial charge in [0, 0.05) is 13.1 Å².